The van der Waals surface area contributed by atoms with E-state index in [1.54, 1.807) is 11.3 Å². The summed E-state index contributed by atoms with van der Waals surface area (Å²) in [6, 6.07) is 10.4. The minimum Gasteiger partial charge on any atom is -0.275 e. The van der Waals surface area contributed by atoms with Gasteiger partial charge in [0.2, 0.25) is 0 Å². The molecular weight excluding hydrogens is 304 g/mol. The van der Waals surface area contributed by atoms with Gasteiger partial charge in [-0.1, -0.05) is 29.8 Å². The first-order valence-electron chi connectivity index (χ1n) is 6.52. The number of nitrogens with zero attached hydrogens (tertiary/aromatic N) is 4. The number of fused-ring (bicyclic) bond motifs is 2. The molecule has 6 heteroatoms. The molecular formula is C15H11ClN4S. The van der Waals surface area contributed by atoms with Crippen LogP contribution in [0.4, 0.5) is 0 Å². The van der Waals surface area contributed by atoms with Gasteiger partial charge in [0.15, 0.2) is 16.6 Å². The highest BCUT2D eigenvalue weighted by Gasteiger charge is 2.17. The molecule has 0 aliphatic heterocycles. The lowest BCUT2D eigenvalue weighted by Gasteiger charge is -2.05. The van der Waals surface area contributed by atoms with Crippen LogP contribution < -0.4 is 0 Å². The van der Waals surface area contributed by atoms with E-state index in [9.17, 15) is 0 Å². The lowest BCUT2D eigenvalue weighted by molar-refractivity contribution is 1.00. The van der Waals surface area contributed by atoms with E-state index >= 15 is 0 Å². The van der Waals surface area contributed by atoms with Gasteiger partial charge in [-0.05, 0) is 31.4 Å². The number of benzene rings is 1. The van der Waals surface area contributed by atoms with Crippen molar-refractivity contribution in [2.24, 2.45) is 0 Å². The molecule has 4 rings (SSSR count). The maximum Gasteiger partial charge on any atom is 0.199 e. The fraction of sp³-hybridized carbons (Fsp3) is 0.133. The van der Waals surface area contributed by atoms with Crippen LogP contribution in [0.25, 0.3) is 26.4 Å². The molecule has 0 fully saturated rings. The van der Waals surface area contributed by atoms with E-state index in [0.29, 0.717) is 10.8 Å². The van der Waals surface area contributed by atoms with Crippen LogP contribution in [0.5, 0.6) is 0 Å². The number of halogens is 1. The highest BCUT2D eigenvalue weighted by Crippen LogP contribution is 2.33. The fourth-order valence-corrected chi connectivity index (χ4v) is 3.71. The van der Waals surface area contributed by atoms with E-state index in [0.717, 1.165) is 22.1 Å². The van der Waals surface area contributed by atoms with Gasteiger partial charge in [0.25, 0.3) is 0 Å². The summed E-state index contributed by atoms with van der Waals surface area (Å²) in [5.41, 5.74) is 2.49. The Kier molecular flexibility index (Phi) is 2.74. The van der Waals surface area contributed by atoms with E-state index in [-0.39, 0.29) is 0 Å². The molecule has 0 N–H and O–H groups in total. The van der Waals surface area contributed by atoms with Crippen LogP contribution >= 0.6 is 22.9 Å². The summed E-state index contributed by atoms with van der Waals surface area (Å²) in [7, 11) is 0. The van der Waals surface area contributed by atoms with Gasteiger partial charge in [0.1, 0.15) is 0 Å². The number of hydrogen-bond donors (Lipinski definition) is 0. The molecule has 0 atom stereocenters. The van der Waals surface area contributed by atoms with Gasteiger partial charge >= 0.3 is 0 Å². The normalized spacial score (nSPS) is 11.6. The Morgan fingerprint density at radius 2 is 1.95 bits per heavy atom. The molecule has 0 aliphatic carbocycles. The summed E-state index contributed by atoms with van der Waals surface area (Å²) >= 11 is 7.89. The third kappa shape index (κ3) is 1.85. The standard InChI is InChI=1S/C15H11ClN4S/c1-8-9(2)20-14(18-19-15(20)13(16)17-8)12-7-10-5-3-4-6-11(10)21-12/h3-7H,1-2H3. The molecule has 0 spiro atoms. The molecule has 0 aliphatic rings. The SMILES string of the molecule is Cc1nc(Cl)c2nnc(-c3cc4ccccc4s3)n2c1C. The van der Waals surface area contributed by atoms with E-state index in [1.165, 1.54) is 10.1 Å². The predicted octanol–water partition coefficient (Wildman–Crippen LogP) is 4.28. The van der Waals surface area contributed by atoms with Gasteiger partial charge in [-0.2, -0.15) is 0 Å². The Bertz CT molecular complexity index is 953. The Hall–Kier alpha value is -1.98. The van der Waals surface area contributed by atoms with Crippen LogP contribution in [-0.4, -0.2) is 19.6 Å². The van der Waals surface area contributed by atoms with Gasteiger partial charge < -0.3 is 0 Å². The van der Waals surface area contributed by atoms with Crippen molar-refractivity contribution in [1.29, 1.82) is 0 Å². The average Bonchev–Trinajstić information content (AvgIpc) is 3.08. The third-order valence-electron chi connectivity index (χ3n) is 3.62. The molecule has 0 unspecified atom stereocenters. The summed E-state index contributed by atoms with van der Waals surface area (Å²) in [5, 5.41) is 10.1. The maximum atomic E-state index is 6.18. The van der Waals surface area contributed by atoms with Crippen LogP contribution in [0.1, 0.15) is 11.4 Å². The summed E-state index contributed by atoms with van der Waals surface area (Å²) in [5.74, 6) is 0.816. The third-order valence-corrected chi connectivity index (χ3v) is 4.98. The maximum absolute atomic E-state index is 6.18. The Balaban J connectivity index is 2.06. The van der Waals surface area contributed by atoms with Crippen molar-refractivity contribution in [3.63, 3.8) is 0 Å². The Labute approximate surface area is 130 Å². The smallest absolute Gasteiger partial charge is 0.199 e. The van der Waals surface area contributed by atoms with E-state index < -0.39 is 0 Å². The van der Waals surface area contributed by atoms with Gasteiger partial charge in [0, 0.05) is 10.4 Å². The molecule has 0 amide bonds. The molecule has 0 radical (unpaired) electrons. The first-order chi connectivity index (χ1) is 10.1. The molecule has 1 aromatic carbocycles. The van der Waals surface area contributed by atoms with Crippen molar-refractivity contribution in [3.05, 3.63) is 46.9 Å². The van der Waals surface area contributed by atoms with Crippen molar-refractivity contribution in [2.75, 3.05) is 0 Å². The van der Waals surface area contributed by atoms with Crippen molar-refractivity contribution < 1.29 is 0 Å². The number of aromatic nitrogens is 4. The van der Waals surface area contributed by atoms with E-state index in [1.807, 2.05) is 30.4 Å². The predicted molar refractivity (Wildman–Crippen MR) is 86.1 cm³/mol. The van der Waals surface area contributed by atoms with Crippen LogP contribution in [0.15, 0.2) is 30.3 Å². The highest BCUT2D eigenvalue weighted by atomic mass is 35.5. The van der Waals surface area contributed by atoms with E-state index in [2.05, 4.69) is 33.4 Å². The largest absolute Gasteiger partial charge is 0.275 e. The van der Waals surface area contributed by atoms with Crippen molar-refractivity contribution in [1.82, 2.24) is 19.6 Å². The van der Waals surface area contributed by atoms with E-state index in [4.69, 9.17) is 11.6 Å². The molecule has 0 saturated heterocycles. The second-order valence-corrected chi connectivity index (χ2v) is 6.35. The molecule has 21 heavy (non-hydrogen) atoms. The molecule has 0 bridgehead atoms. The highest BCUT2D eigenvalue weighted by molar-refractivity contribution is 7.22. The molecule has 4 aromatic rings. The number of aryl methyl sites for hydroxylation is 2. The number of hydrogen-bond acceptors (Lipinski definition) is 4. The summed E-state index contributed by atoms with van der Waals surface area (Å²) in [6.45, 7) is 3.95. The zero-order chi connectivity index (χ0) is 14.6. The Morgan fingerprint density at radius 1 is 1.14 bits per heavy atom. The minimum atomic E-state index is 0.387. The first-order valence-corrected chi connectivity index (χ1v) is 7.71. The van der Waals surface area contributed by atoms with Gasteiger partial charge in [0.05, 0.1) is 10.6 Å². The molecule has 3 aromatic heterocycles. The zero-order valence-electron chi connectivity index (χ0n) is 11.5. The lowest BCUT2D eigenvalue weighted by Crippen LogP contribution is -2.00. The minimum absolute atomic E-state index is 0.387. The molecule has 0 saturated carbocycles. The second-order valence-electron chi connectivity index (χ2n) is 4.90. The first kappa shape index (κ1) is 12.7. The molecule has 4 nitrogen and oxygen atoms in total. The summed E-state index contributed by atoms with van der Waals surface area (Å²) in [6.07, 6.45) is 0. The number of rotatable bonds is 1. The monoisotopic (exact) mass is 314 g/mol. The van der Waals surface area contributed by atoms with Crippen LogP contribution in [-0.2, 0) is 0 Å². The van der Waals surface area contributed by atoms with Crippen molar-refractivity contribution in [2.45, 2.75) is 13.8 Å². The van der Waals surface area contributed by atoms with Crippen molar-refractivity contribution in [3.8, 4) is 10.7 Å². The number of thiophene rings is 1. The molecule has 104 valence electrons. The molecule has 3 heterocycles. The second kappa shape index (κ2) is 4.51. The quantitative estimate of drug-likeness (QED) is 0.527. The Morgan fingerprint density at radius 3 is 2.76 bits per heavy atom. The van der Waals surface area contributed by atoms with Crippen molar-refractivity contribution >= 4 is 38.7 Å². The van der Waals surface area contributed by atoms with Crippen LogP contribution in [0.3, 0.4) is 0 Å². The van der Waals surface area contributed by atoms with Gasteiger partial charge in [-0.25, -0.2) is 4.98 Å². The van der Waals surface area contributed by atoms with Crippen LogP contribution in [0.2, 0.25) is 5.15 Å². The summed E-state index contributed by atoms with van der Waals surface area (Å²) in [4.78, 5) is 5.37. The average molecular weight is 315 g/mol. The zero-order valence-corrected chi connectivity index (χ0v) is 13.0. The van der Waals surface area contributed by atoms with Crippen LogP contribution in [0, 0.1) is 13.8 Å². The lowest BCUT2D eigenvalue weighted by atomic mass is 10.2. The topological polar surface area (TPSA) is 43.1 Å². The fourth-order valence-electron chi connectivity index (χ4n) is 2.43. The van der Waals surface area contributed by atoms with Gasteiger partial charge in [-0.15, -0.1) is 21.5 Å². The summed E-state index contributed by atoms with van der Waals surface area (Å²) < 4.78 is 3.22. The van der Waals surface area contributed by atoms with Gasteiger partial charge in [-0.3, -0.25) is 4.40 Å².